The van der Waals surface area contributed by atoms with Crippen molar-refractivity contribution >= 4 is 18.4 Å². The van der Waals surface area contributed by atoms with Gasteiger partial charge in [0.05, 0.1) is 6.10 Å². The van der Waals surface area contributed by atoms with Crippen molar-refractivity contribution in [2.45, 2.75) is 52.0 Å². The highest BCUT2D eigenvalue weighted by Gasteiger charge is 2.43. The van der Waals surface area contributed by atoms with Crippen molar-refractivity contribution in [2.24, 2.45) is 17.8 Å². The van der Waals surface area contributed by atoms with Crippen LogP contribution in [0.1, 0.15) is 51.4 Å². The first-order valence-corrected chi connectivity index (χ1v) is 13.5. The fourth-order valence-corrected chi connectivity index (χ4v) is 7.21. The molecule has 0 aromatic heterocycles. The van der Waals surface area contributed by atoms with Gasteiger partial charge in [0.2, 0.25) is 6.79 Å². The molecule has 180 valence electrons. The largest absolute Gasteiger partial charge is 0.454 e. The van der Waals surface area contributed by atoms with E-state index >= 15 is 0 Å². The minimum absolute atomic E-state index is 0.144. The summed E-state index contributed by atoms with van der Waals surface area (Å²) in [4.78, 5) is 1.99. The molecule has 4 rings (SSSR count). The van der Waals surface area contributed by atoms with Gasteiger partial charge in [-0.3, -0.25) is 4.57 Å². The first-order valence-electron chi connectivity index (χ1n) is 11.8. The smallest absolute Gasteiger partial charge is 0.264 e. The highest BCUT2D eigenvalue weighted by atomic mass is 31.2. The SMILES string of the molecule is CC(C)[C@@H]1CC[C@@H](C)C[C@H]1O[P@@](=O)(c1ccc(N(C)C)cc1)[C@H](O)c1ccc2c(c1)OCO2. The van der Waals surface area contributed by atoms with Gasteiger partial charge in [-0.2, -0.15) is 0 Å². The second-order valence-electron chi connectivity index (χ2n) is 9.96. The first-order chi connectivity index (χ1) is 15.7. The highest BCUT2D eigenvalue weighted by Crippen LogP contribution is 2.61. The fraction of sp³-hybridized carbons (Fsp3) is 0.538. The Balaban J connectivity index is 1.73. The molecule has 0 unspecified atom stereocenters. The molecule has 0 radical (unpaired) electrons. The van der Waals surface area contributed by atoms with Crippen LogP contribution in [-0.4, -0.2) is 32.1 Å². The summed E-state index contributed by atoms with van der Waals surface area (Å²) < 4.78 is 32.1. The molecule has 2 aliphatic rings. The van der Waals surface area contributed by atoms with Crippen LogP contribution in [0.3, 0.4) is 0 Å². The summed E-state index contributed by atoms with van der Waals surface area (Å²) in [6, 6.07) is 12.7. The van der Waals surface area contributed by atoms with Crippen molar-refractivity contribution in [1.82, 2.24) is 0 Å². The van der Waals surface area contributed by atoms with E-state index in [0.717, 1.165) is 24.9 Å². The second kappa shape index (κ2) is 9.69. The third kappa shape index (κ3) is 4.94. The van der Waals surface area contributed by atoms with Gasteiger partial charge in [-0.25, -0.2) is 0 Å². The monoisotopic (exact) mass is 473 g/mol. The van der Waals surface area contributed by atoms with Crippen LogP contribution in [0.25, 0.3) is 0 Å². The Morgan fingerprint density at radius 3 is 2.42 bits per heavy atom. The Bertz CT molecular complexity index is 1010. The molecule has 1 saturated carbocycles. The summed E-state index contributed by atoms with van der Waals surface area (Å²) in [7, 11) is 0.232. The molecule has 2 aromatic rings. The number of aliphatic hydroxyl groups excluding tert-OH is 1. The average molecular weight is 474 g/mol. The minimum atomic E-state index is -3.69. The van der Waals surface area contributed by atoms with Gasteiger partial charge >= 0.3 is 0 Å². The average Bonchev–Trinajstić information content (AvgIpc) is 3.26. The number of nitrogens with zero attached hydrogens (tertiary/aromatic N) is 1. The molecule has 7 heteroatoms. The molecule has 1 heterocycles. The van der Waals surface area contributed by atoms with E-state index in [1.807, 2.05) is 43.3 Å². The Labute approximate surface area is 197 Å². The zero-order valence-electron chi connectivity index (χ0n) is 20.2. The summed E-state index contributed by atoms with van der Waals surface area (Å²) in [6.45, 7) is 6.76. The first kappa shape index (κ1) is 24.1. The molecule has 0 amide bonds. The van der Waals surface area contributed by atoms with Gasteiger partial charge in [-0.05, 0) is 72.6 Å². The van der Waals surface area contributed by atoms with Crippen molar-refractivity contribution < 1.29 is 23.7 Å². The van der Waals surface area contributed by atoms with Crippen LogP contribution >= 0.6 is 7.37 Å². The minimum Gasteiger partial charge on any atom is -0.454 e. The number of aliphatic hydroxyl groups is 1. The maximum Gasteiger partial charge on any atom is 0.264 e. The lowest BCUT2D eigenvalue weighted by atomic mass is 9.75. The Morgan fingerprint density at radius 1 is 1.06 bits per heavy atom. The predicted octanol–water partition coefficient (Wildman–Crippen LogP) is 5.55. The maximum atomic E-state index is 14.7. The molecule has 1 aliphatic heterocycles. The van der Waals surface area contributed by atoms with E-state index in [9.17, 15) is 9.67 Å². The van der Waals surface area contributed by atoms with Crippen LogP contribution in [0.15, 0.2) is 42.5 Å². The number of hydrogen-bond acceptors (Lipinski definition) is 6. The normalized spacial score (nSPS) is 25.0. The lowest BCUT2D eigenvalue weighted by Crippen LogP contribution is -2.35. The molecular weight excluding hydrogens is 437 g/mol. The van der Waals surface area contributed by atoms with Crippen molar-refractivity contribution in [3.05, 3.63) is 48.0 Å². The lowest BCUT2D eigenvalue weighted by molar-refractivity contribution is 0.0427. The van der Waals surface area contributed by atoms with Gasteiger partial charge in [0.1, 0.15) is 0 Å². The van der Waals surface area contributed by atoms with Gasteiger partial charge in [0.25, 0.3) is 7.37 Å². The number of hydrogen-bond donors (Lipinski definition) is 1. The molecule has 0 saturated heterocycles. The molecule has 1 N–H and O–H groups in total. The van der Waals surface area contributed by atoms with Crippen LogP contribution in [0.5, 0.6) is 11.5 Å². The van der Waals surface area contributed by atoms with Gasteiger partial charge in [0.15, 0.2) is 17.3 Å². The van der Waals surface area contributed by atoms with Crippen molar-refractivity contribution in [3.8, 4) is 11.5 Å². The van der Waals surface area contributed by atoms with Crippen LogP contribution < -0.4 is 19.7 Å². The van der Waals surface area contributed by atoms with Gasteiger partial charge in [-0.15, -0.1) is 0 Å². The van der Waals surface area contributed by atoms with E-state index in [1.165, 1.54) is 0 Å². The number of rotatable bonds is 7. The van der Waals surface area contributed by atoms with Gasteiger partial charge in [0, 0.05) is 25.1 Å². The van der Waals surface area contributed by atoms with E-state index in [2.05, 4.69) is 20.8 Å². The number of fused-ring (bicyclic) bond motifs is 1. The summed E-state index contributed by atoms with van der Waals surface area (Å²) in [6.07, 6.45) is 2.87. The molecule has 0 bridgehead atoms. The number of benzene rings is 2. The Hall–Kier alpha value is -2.01. The third-order valence-electron chi connectivity index (χ3n) is 7.00. The number of ether oxygens (including phenoxy) is 2. The van der Waals surface area contributed by atoms with Crippen molar-refractivity contribution in [3.63, 3.8) is 0 Å². The summed E-state index contributed by atoms with van der Waals surface area (Å²) in [5, 5.41) is 12.1. The summed E-state index contributed by atoms with van der Waals surface area (Å²) >= 11 is 0. The Kier molecular flexibility index (Phi) is 7.09. The van der Waals surface area contributed by atoms with Crippen LogP contribution in [0.4, 0.5) is 5.69 Å². The lowest BCUT2D eigenvalue weighted by Gasteiger charge is -2.40. The van der Waals surface area contributed by atoms with Crippen LogP contribution in [0.2, 0.25) is 0 Å². The molecule has 2 aromatic carbocycles. The fourth-order valence-electron chi connectivity index (χ4n) is 4.93. The topological polar surface area (TPSA) is 68.2 Å². The predicted molar refractivity (Wildman–Crippen MR) is 132 cm³/mol. The zero-order chi connectivity index (χ0) is 23.8. The standard InChI is InChI=1S/C26H36NO5P/c1-17(2)22-12-6-18(3)14-24(22)32-33(29,21-10-8-20(9-11-21)27(4)5)26(28)19-7-13-23-25(15-19)31-16-30-23/h7-11,13,15,17-18,22,24,26,28H,6,12,14,16H2,1-5H3/t18-,22+,24-,26+,33+/m1/s1. The van der Waals surface area contributed by atoms with E-state index in [-0.39, 0.29) is 12.9 Å². The van der Waals surface area contributed by atoms with Crippen molar-refractivity contribution in [2.75, 3.05) is 25.8 Å². The second-order valence-corrected chi connectivity index (χ2v) is 12.4. The van der Waals surface area contributed by atoms with E-state index in [4.69, 9.17) is 14.0 Å². The van der Waals surface area contributed by atoms with Crippen molar-refractivity contribution in [1.29, 1.82) is 0 Å². The maximum absolute atomic E-state index is 14.7. The highest BCUT2D eigenvalue weighted by molar-refractivity contribution is 7.67. The zero-order valence-corrected chi connectivity index (χ0v) is 21.1. The van der Waals surface area contributed by atoms with Crippen LogP contribution in [0, 0.1) is 17.8 Å². The molecule has 0 spiro atoms. The van der Waals surface area contributed by atoms with Gasteiger partial charge < -0.3 is 24.0 Å². The van der Waals surface area contributed by atoms with E-state index < -0.39 is 13.2 Å². The third-order valence-corrected chi connectivity index (χ3v) is 9.54. The van der Waals surface area contributed by atoms with E-state index in [1.54, 1.807) is 18.2 Å². The van der Waals surface area contributed by atoms with Crippen LogP contribution in [-0.2, 0) is 9.09 Å². The molecular formula is C26H36NO5P. The molecule has 1 fully saturated rings. The molecule has 6 nitrogen and oxygen atoms in total. The van der Waals surface area contributed by atoms with E-state index in [0.29, 0.717) is 40.1 Å². The Morgan fingerprint density at radius 2 is 1.76 bits per heavy atom. The van der Waals surface area contributed by atoms with Gasteiger partial charge in [-0.1, -0.05) is 33.3 Å². The molecule has 1 aliphatic carbocycles. The quantitative estimate of drug-likeness (QED) is 0.532. The summed E-state index contributed by atoms with van der Waals surface area (Å²) in [5.74, 6) is 1.08. The number of anilines is 1. The molecule has 5 atom stereocenters. The summed E-state index contributed by atoms with van der Waals surface area (Å²) in [5.41, 5.74) is 1.50. The molecule has 33 heavy (non-hydrogen) atoms.